The van der Waals surface area contributed by atoms with E-state index in [1.807, 2.05) is 18.2 Å². The van der Waals surface area contributed by atoms with E-state index in [9.17, 15) is 5.11 Å². The first kappa shape index (κ1) is 20.8. The maximum absolute atomic E-state index is 9.82. The normalized spacial score (nSPS) is 15.3. The molecule has 1 saturated heterocycles. The van der Waals surface area contributed by atoms with E-state index in [4.69, 9.17) is 0 Å². The highest BCUT2D eigenvalue weighted by atomic mass is 35.5. The summed E-state index contributed by atoms with van der Waals surface area (Å²) in [4.78, 5) is 5.01. The molecule has 0 amide bonds. The van der Waals surface area contributed by atoms with E-state index in [2.05, 4.69) is 40.1 Å². The minimum absolute atomic E-state index is 0. The average molecular weight is 369 g/mol. The summed E-state index contributed by atoms with van der Waals surface area (Å²) < 4.78 is 0. The van der Waals surface area contributed by atoms with Crippen LogP contribution in [0.2, 0.25) is 0 Å². The molecule has 0 radical (unpaired) electrons. The molecule has 24 heavy (non-hydrogen) atoms. The predicted molar refractivity (Wildman–Crippen MR) is 104 cm³/mol. The van der Waals surface area contributed by atoms with E-state index in [0.717, 1.165) is 51.3 Å². The average Bonchev–Trinajstić information content (AvgIpc) is 2.56. The van der Waals surface area contributed by atoms with Crippen LogP contribution in [0.25, 0.3) is 0 Å². The molecule has 0 bridgehead atoms. The monoisotopic (exact) mass is 368 g/mol. The van der Waals surface area contributed by atoms with Crippen LogP contribution in [0.5, 0.6) is 5.75 Å². The Balaban J connectivity index is 0.00000144. The maximum atomic E-state index is 9.82. The van der Waals surface area contributed by atoms with Gasteiger partial charge in [0.1, 0.15) is 5.75 Å². The van der Waals surface area contributed by atoms with Crippen molar-refractivity contribution in [2.75, 3.05) is 32.7 Å². The molecular formula is C19H26Cl2N2O. The summed E-state index contributed by atoms with van der Waals surface area (Å²) in [6, 6.07) is 18.3. The Morgan fingerprint density at radius 2 is 1.33 bits per heavy atom. The van der Waals surface area contributed by atoms with Crippen LogP contribution in [0.15, 0.2) is 54.6 Å². The largest absolute Gasteiger partial charge is 0.508 e. The number of halogens is 2. The standard InChI is InChI=1S/C19H24N2O.2ClH/c22-19-9-5-4-8-18(19)10-11-20-12-14-21(15-13-20)16-17-6-2-1-3-7-17;;/h1-9,22H,10-16H2;2*1H. The predicted octanol–water partition coefficient (Wildman–Crippen LogP) is 3.60. The zero-order valence-corrected chi connectivity index (χ0v) is 15.4. The van der Waals surface area contributed by atoms with Crippen molar-refractivity contribution in [2.45, 2.75) is 13.0 Å². The van der Waals surface area contributed by atoms with E-state index < -0.39 is 0 Å². The third kappa shape index (κ3) is 5.99. The van der Waals surface area contributed by atoms with Gasteiger partial charge >= 0.3 is 0 Å². The summed E-state index contributed by atoms with van der Waals surface area (Å²) in [6.07, 6.45) is 0.922. The van der Waals surface area contributed by atoms with Gasteiger partial charge < -0.3 is 10.0 Å². The van der Waals surface area contributed by atoms with Crippen LogP contribution in [0.3, 0.4) is 0 Å². The zero-order chi connectivity index (χ0) is 15.2. The molecule has 0 saturated carbocycles. The number of phenols is 1. The first-order valence-corrected chi connectivity index (χ1v) is 8.07. The molecule has 0 spiro atoms. The van der Waals surface area contributed by atoms with Crippen LogP contribution < -0.4 is 0 Å². The molecule has 1 fully saturated rings. The van der Waals surface area contributed by atoms with E-state index in [1.54, 1.807) is 6.07 Å². The fourth-order valence-electron chi connectivity index (χ4n) is 3.01. The Hall–Kier alpha value is -1.26. The van der Waals surface area contributed by atoms with Gasteiger partial charge in [-0.3, -0.25) is 4.90 Å². The molecular weight excluding hydrogens is 343 g/mol. The van der Waals surface area contributed by atoms with Crippen molar-refractivity contribution in [3.63, 3.8) is 0 Å². The van der Waals surface area contributed by atoms with Crippen molar-refractivity contribution >= 4 is 24.8 Å². The van der Waals surface area contributed by atoms with Crippen molar-refractivity contribution in [1.82, 2.24) is 9.80 Å². The molecule has 0 unspecified atom stereocenters. The van der Waals surface area contributed by atoms with Crippen LogP contribution in [-0.4, -0.2) is 47.6 Å². The summed E-state index contributed by atoms with van der Waals surface area (Å²) in [5.74, 6) is 0.421. The Bertz CT molecular complexity index is 587. The van der Waals surface area contributed by atoms with Crippen LogP contribution in [0, 0.1) is 0 Å². The Morgan fingerprint density at radius 3 is 2.00 bits per heavy atom. The van der Waals surface area contributed by atoms with Gasteiger partial charge in [-0.1, -0.05) is 48.5 Å². The third-order valence-electron chi connectivity index (χ3n) is 4.40. The number of hydrogen-bond acceptors (Lipinski definition) is 3. The summed E-state index contributed by atoms with van der Waals surface area (Å²) in [5, 5.41) is 9.82. The number of aromatic hydroxyl groups is 1. The number of benzene rings is 2. The summed E-state index contributed by atoms with van der Waals surface area (Å²) in [5.41, 5.74) is 2.44. The maximum Gasteiger partial charge on any atom is 0.118 e. The topological polar surface area (TPSA) is 26.7 Å². The molecule has 0 atom stereocenters. The Kier molecular flexibility index (Phi) is 9.16. The smallest absolute Gasteiger partial charge is 0.118 e. The van der Waals surface area contributed by atoms with Crippen LogP contribution in [-0.2, 0) is 13.0 Å². The highest BCUT2D eigenvalue weighted by molar-refractivity contribution is 5.85. The summed E-state index contributed by atoms with van der Waals surface area (Å²) in [6.45, 7) is 6.54. The Labute approximate surface area is 157 Å². The lowest BCUT2D eigenvalue weighted by atomic mass is 10.1. The van der Waals surface area contributed by atoms with Gasteiger partial charge in [-0.05, 0) is 23.6 Å². The Morgan fingerprint density at radius 1 is 0.750 bits per heavy atom. The number of hydrogen-bond donors (Lipinski definition) is 1. The molecule has 2 aromatic carbocycles. The van der Waals surface area contributed by atoms with Gasteiger partial charge in [-0.25, -0.2) is 0 Å². The lowest BCUT2D eigenvalue weighted by molar-refractivity contribution is 0.128. The fraction of sp³-hybridized carbons (Fsp3) is 0.368. The van der Waals surface area contributed by atoms with Gasteiger partial charge in [0, 0.05) is 39.3 Å². The molecule has 5 heteroatoms. The summed E-state index contributed by atoms with van der Waals surface area (Å²) >= 11 is 0. The molecule has 0 aromatic heterocycles. The van der Waals surface area contributed by atoms with E-state index in [-0.39, 0.29) is 24.8 Å². The van der Waals surface area contributed by atoms with Gasteiger partial charge in [0.2, 0.25) is 0 Å². The number of phenolic OH excluding ortho intramolecular Hbond substituents is 1. The lowest BCUT2D eigenvalue weighted by Crippen LogP contribution is -2.46. The lowest BCUT2D eigenvalue weighted by Gasteiger charge is -2.34. The summed E-state index contributed by atoms with van der Waals surface area (Å²) in [7, 11) is 0. The quantitative estimate of drug-likeness (QED) is 0.873. The number of para-hydroxylation sites is 1. The molecule has 3 nitrogen and oxygen atoms in total. The molecule has 1 aliphatic heterocycles. The number of nitrogens with zero attached hydrogens (tertiary/aromatic N) is 2. The molecule has 2 aromatic rings. The first-order chi connectivity index (χ1) is 10.8. The second kappa shape index (κ2) is 10.6. The van der Waals surface area contributed by atoms with E-state index in [0.29, 0.717) is 5.75 Å². The minimum atomic E-state index is 0. The highest BCUT2D eigenvalue weighted by Crippen LogP contribution is 2.17. The van der Waals surface area contributed by atoms with Crippen molar-refractivity contribution in [2.24, 2.45) is 0 Å². The van der Waals surface area contributed by atoms with E-state index >= 15 is 0 Å². The number of piperazine rings is 1. The molecule has 1 N–H and O–H groups in total. The van der Waals surface area contributed by atoms with Crippen LogP contribution in [0.4, 0.5) is 0 Å². The molecule has 0 aliphatic carbocycles. The first-order valence-electron chi connectivity index (χ1n) is 8.07. The molecule has 1 aliphatic rings. The number of rotatable bonds is 5. The van der Waals surface area contributed by atoms with Gasteiger partial charge in [0.05, 0.1) is 0 Å². The SMILES string of the molecule is Cl.Cl.Oc1ccccc1CCN1CCN(Cc2ccccc2)CC1. The molecule has 1 heterocycles. The fourth-order valence-corrected chi connectivity index (χ4v) is 3.01. The van der Waals surface area contributed by atoms with E-state index in [1.165, 1.54) is 5.56 Å². The van der Waals surface area contributed by atoms with Crippen molar-refractivity contribution in [3.8, 4) is 5.75 Å². The van der Waals surface area contributed by atoms with Crippen molar-refractivity contribution < 1.29 is 5.11 Å². The van der Waals surface area contributed by atoms with Gasteiger partial charge in [0.25, 0.3) is 0 Å². The second-order valence-electron chi connectivity index (χ2n) is 5.98. The van der Waals surface area contributed by atoms with Gasteiger partial charge in [0.15, 0.2) is 0 Å². The van der Waals surface area contributed by atoms with Gasteiger partial charge in [-0.15, -0.1) is 24.8 Å². The van der Waals surface area contributed by atoms with Crippen LogP contribution >= 0.6 is 24.8 Å². The van der Waals surface area contributed by atoms with Gasteiger partial charge in [-0.2, -0.15) is 0 Å². The zero-order valence-electron chi connectivity index (χ0n) is 13.8. The van der Waals surface area contributed by atoms with Crippen LogP contribution in [0.1, 0.15) is 11.1 Å². The molecule has 132 valence electrons. The molecule has 3 rings (SSSR count). The van der Waals surface area contributed by atoms with Crippen molar-refractivity contribution in [3.05, 3.63) is 65.7 Å². The highest BCUT2D eigenvalue weighted by Gasteiger charge is 2.16. The third-order valence-corrected chi connectivity index (χ3v) is 4.40. The second-order valence-corrected chi connectivity index (χ2v) is 5.98. The minimum Gasteiger partial charge on any atom is -0.508 e. The van der Waals surface area contributed by atoms with Crippen molar-refractivity contribution in [1.29, 1.82) is 0 Å².